The van der Waals surface area contributed by atoms with Gasteiger partial charge in [0.15, 0.2) is 5.69 Å². The lowest BCUT2D eigenvalue weighted by atomic mass is 10.2. The summed E-state index contributed by atoms with van der Waals surface area (Å²) in [5, 5.41) is 9.13. The molecule has 0 N–H and O–H groups in total. The monoisotopic (exact) mass is 473 g/mol. The molecule has 1 aliphatic heterocycles. The highest BCUT2D eigenvalue weighted by Gasteiger charge is 2.26. The maximum Gasteiger partial charge on any atom is 0.276 e. The highest BCUT2D eigenvalue weighted by molar-refractivity contribution is 9.10. The molecule has 8 heteroatoms. The molecule has 29 heavy (non-hydrogen) atoms. The van der Waals surface area contributed by atoms with E-state index in [1.807, 2.05) is 61.2 Å². The van der Waals surface area contributed by atoms with Crippen LogP contribution in [0.25, 0.3) is 5.69 Å². The Morgan fingerprint density at radius 3 is 2.48 bits per heavy atom. The summed E-state index contributed by atoms with van der Waals surface area (Å²) >= 11 is 9.61. The van der Waals surface area contributed by atoms with Crippen molar-refractivity contribution in [3.63, 3.8) is 0 Å². The van der Waals surface area contributed by atoms with E-state index in [0.29, 0.717) is 18.8 Å². The van der Waals surface area contributed by atoms with Crippen molar-refractivity contribution in [2.24, 2.45) is 0 Å². The minimum atomic E-state index is -0.0756. The van der Waals surface area contributed by atoms with E-state index in [2.05, 4.69) is 31.1 Å². The van der Waals surface area contributed by atoms with Gasteiger partial charge in [0.2, 0.25) is 0 Å². The second kappa shape index (κ2) is 8.16. The molecule has 3 aromatic rings. The second-order valence-corrected chi connectivity index (χ2v) is 8.42. The van der Waals surface area contributed by atoms with Crippen LogP contribution in [0.15, 0.2) is 46.9 Å². The lowest BCUT2D eigenvalue weighted by Crippen LogP contribution is -2.49. The van der Waals surface area contributed by atoms with Crippen LogP contribution in [0.1, 0.15) is 21.7 Å². The number of carbonyl (C=O) groups excluding carboxylic acids is 1. The van der Waals surface area contributed by atoms with E-state index in [9.17, 15) is 4.79 Å². The fraction of sp³-hybridized carbons (Fsp3) is 0.286. The molecule has 1 saturated heterocycles. The third-order valence-corrected chi connectivity index (χ3v) is 6.35. The molecular formula is C21H21BrClN5O. The molecule has 0 atom stereocenters. The number of nitrogens with zero attached hydrogens (tertiary/aromatic N) is 5. The van der Waals surface area contributed by atoms with Crippen molar-refractivity contribution in [1.29, 1.82) is 0 Å². The van der Waals surface area contributed by atoms with E-state index in [0.717, 1.165) is 45.2 Å². The third kappa shape index (κ3) is 4.02. The number of benzene rings is 2. The highest BCUT2D eigenvalue weighted by atomic mass is 79.9. The van der Waals surface area contributed by atoms with E-state index >= 15 is 0 Å². The Balaban J connectivity index is 1.48. The van der Waals surface area contributed by atoms with Gasteiger partial charge in [-0.05, 0) is 55.8 Å². The molecule has 0 saturated carbocycles. The van der Waals surface area contributed by atoms with Crippen LogP contribution in [0.5, 0.6) is 0 Å². The van der Waals surface area contributed by atoms with Gasteiger partial charge in [-0.25, -0.2) is 4.68 Å². The first-order chi connectivity index (χ1) is 13.9. The largest absolute Gasteiger partial charge is 0.368 e. The van der Waals surface area contributed by atoms with Crippen LogP contribution in [0.3, 0.4) is 0 Å². The van der Waals surface area contributed by atoms with Crippen molar-refractivity contribution >= 4 is 39.1 Å². The topological polar surface area (TPSA) is 54.3 Å². The number of aromatic nitrogens is 3. The van der Waals surface area contributed by atoms with Crippen molar-refractivity contribution in [2.45, 2.75) is 13.8 Å². The minimum Gasteiger partial charge on any atom is -0.368 e. The first-order valence-electron chi connectivity index (χ1n) is 9.42. The number of anilines is 1. The van der Waals surface area contributed by atoms with Crippen molar-refractivity contribution < 1.29 is 4.79 Å². The van der Waals surface area contributed by atoms with Gasteiger partial charge >= 0.3 is 0 Å². The SMILES string of the molecule is Cc1cc(-n2nnc(C(=O)N3CCN(c4cccc(Cl)c4)CC3)c2C)ccc1Br. The smallest absolute Gasteiger partial charge is 0.276 e. The summed E-state index contributed by atoms with van der Waals surface area (Å²) in [6, 6.07) is 13.8. The van der Waals surface area contributed by atoms with Gasteiger partial charge < -0.3 is 9.80 Å². The fourth-order valence-electron chi connectivity index (χ4n) is 3.52. The summed E-state index contributed by atoms with van der Waals surface area (Å²) in [4.78, 5) is 17.1. The molecule has 1 amide bonds. The Morgan fingerprint density at radius 2 is 1.79 bits per heavy atom. The van der Waals surface area contributed by atoms with Crippen LogP contribution in [0.2, 0.25) is 5.02 Å². The number of rotatable bonds is 3. The van der Waals surface area contributed by atoms with Crippen molar-refractivity contribution in [2.75, 3.05) is 31.1 Å². The van der Waals surface area contributed by atoms with E-state index in [1.54, 1.807) is 4.68 Å². The predicted octanol–water partition coefficient (Wildman–Crippen LogP) is 4.26. The highest BCUT2D eigenvalue weighted by Crippen LogP contribution is 2.23. The fourth-order valence-corrected chi connectivity index (χ4v) is 3.95. The van der Waals surface area contributed by atoms with Crippen LogP contribution in [0, 0.1) is 13.8 Å². The standard InChI is InChI=1S/C21H21BrClN5O/c1-14-12-18(6-7-19(14)22)28-15(2)20(24-25-28)21(29)27-10-8-26(9-11-27)17-5-3-4-16(23)13-17/h3-7,12-13H,8-11H2,1-2H3. The number of halogens is 2. The van der Waals surface area contributed by atoms with E-state index in [1.165, 1.54) is 0 Å². The van der Waals surface area contributed by atoms with E-state index < -0.39 is 0 Å². The first-order valence-corrected chi connectivity index (χ1v) is 10.6. The molecule has 6 nitrogen and oxygen atoms in total. The Labute approximate surface area is 183 Å². The average Bonchev–Trinajstić information content (AvgIpc) is 3.11. The molecule has 0 spiro atoms. The summed E-state index contributed by atoms with van der Waals surface area (Å²) < 4.78 is 2.75. The molecule has 1 aromatic heterocycles. The van der Waals surface area contributed by atoms with Crippen LogP contribution in [-0.2, 0) is 0 Å². The van der Waals surface area contributed by atoms with Crippen LogP contribution in [-0.4, -0.2) is 52.0 Å². The maximum atomic E-state index is 13.0. The van der Waals surface area contributed by atoms with Gasteiger partial charge in [0.1, 0.15) is 0 Å². The van der Waals surface area contributed by atoms with Crippen LogP contribution < -0.4 is 4.90 Å². The molecule has 2 aromatic carbocycles. The summed E-state index contributed by atoms with van der Waals surface area (Å²) in [5.41, 5.74) is 4.22. The zero-order chi connectivity index (χ0) is 20.5. The van der Waals surface area contributed by atoms with Crippen molar-refractivity contribution in [1.82, 2.24) is 19.9 Å². The Bertz CT molecular complexity index is 1060. The Hall–Kier alpha value is -2.38. The molecule has 1 fully saturated rings. The molecule has 2 heterocycles. The van der Waals surface area contributed by atoms with Crippen molar-refractivity contribution in [3.8, 4) is 5.69 Å². The van der Waals surface area contributed by atoms with Gasteiger partial charge in [-0.1, -0.05) is 38.8 Å². The van der Waals surface area contributed by atoms with E-state index in [-0.39, 0.29) is 5.91 Å². The quantitative estimate of drug-likeness (QED) is 0.569. The number of aryl methyl sites for hydroxylation is 1. The van der Waals surface area contributed by atoms with Gasteiger partial charge in [0.05, 0.1) is 11.4 Å². The zero-order valence-electron chi connectivity index (χ0n) is 16.3. The van der Waals surface area contributed by atoms with Gasteiger partial charge in [0.25, 0.3) is 5.91 Å². The molecule has 0 radical (unpaired) electrons. The van der Waals surface area contributed by atoms with Crippen molar-refractivity contribution in [3.05, 3.63) is 68.9 Å². The number of carbonyl (C=O) groups is 1. The predicted molar refractivity (Wildman–Crippen MR) is 118 cm³/mol. The van der Waals surface area contributed by atoms with Gasteiger partial charge in [-0.3, -0.25) is 4.79 Å². The summed E-state index contributed by atoms with van der Waals surface area (Å²) in [6.07, 6.45) is 0. The minimum absolute atomic E-state index is 0.0756. The zero-order valence-corrected chi connectivity index (χ0v) is 18.6. The van der Waals surface area contributed by atoms with Gasteiger partial charge in [-0.15, -0.1) is 5.10 Å². The van der Waals surface area contributed by atoms with Crippen LogP contribution >= 0.6 is 27.5 Å². The van der Waals surface area contributed by atoms with Crippen LogP contribution in [0.4, 0.5) is 5.69 Å². The average molecular weight is 475 g/mol. The van der Waals surface area contributed by atoms with Gasteiger partial charge in [0, 0.05) is 41.4 Å². The molecule has 0 bridgehead atoms. The third-order valence-electron chi connectivity index (χ3n) is 5.22. The number of hydrogen-bond acceptors (Lipinski definition) is 4. The Kier molecular flexibility index (Phi) is 5.61. The lowest BCUT2D eigenvalue weighted by molar-refractivity contribution is 0.0740. The maximum absolute atomic E-state index is 13.0. The number of amides is 1. The summed E-state index contributed by atoms with van der Waals surface area (Å²) in [5.74, 6) is -0.0756. The van der Waals surface area contributed by atoms with E-state index in [4.69, 9.17) is 11.6 Å². The van der Waals surface area contributed by atoms with Gasteiger partial charge in [-0.2, -0.15) is 0 Å². The first kappa shape index (κ1) is 19.9. The summed E-state index contributed by atoms with van der Waals surface area (Å²) in [7, 11) is 0. The molecule has 150 valence electrons. The molecule has 0 aliphatic carbocycles. The Morgan fingerprint density at radius 1 is 1.03 bits per heavy atom. The molecule has 0 unspecified atom stereocenters. The second-order valence-electron chi connectivity index (χ2n) is 7.13. The number of hydrogen-bond donors (Lipinski definition) is 0. The molecule has 4 rings (SSSR count). The normalized spacial score (nSPS) is 14.3. The summed E-state index contributed by atoms with van der Waals surface area (Å²) in [6.45, 7) is 6.68. The molecule has 1 aliphatic rings. The number of piperazine rings is 1. The lowest BCUT2D eigenvalue weighted by Gasteiger charge is -2.35. The molecular weight excluding hydrogens is 454 g/mol.